The molecular weight excluding hydrogens is 616 g/mol. The smallest absolute Gasteiger partial charge is 0.308 e. The first kappa shape index (κ1) is 33.6. The maximum atomic E-state index is 12.6. The Morgan fingerprint density at radius 2 is 1.27 bits per heavy atom. The van der Waals surface area contributed by atoms with Crippen LogP contribution in [0.2, 0.25) is 5.02 Å². The Hall–Kier alpha value is -3.27. The maximum Gasteiger partial charge on any atom is 0.308 e. The first-order valence-corrected chi connectivity index (χ1v) is 17.3. The third-order valence-corrected chi connectivity index (χ3v) is 9.89. The number of nitrogens with one attached hydrogen (secondary N) is 2. The molecule has 2 aliphatic heterocycles. The molecule has 0 aliphatic carbocycles. The van der Waals surface area contributed by atoms with Gasteiger partial charge < -0.3 is 15.7 Å². The van der Waals surface area contributed by atoms with E-state index in [9.17, 15) is 24.3 Å². The summed E-state index contributed by atoms with van der Waals surface area (Å²) in [6.45, 7) is 0.767. The molecule has 0 spiro atoms. The van der Waals surface area contributed by atoms with Crippen LogP contribution in [0.3, 0.4) is 0 Å². The Morgan fingerprint density at radius 3 is 1.80 bits per heavy atom. The fourth-order valence-electron chi connectivity index (χ4n) is 5.72. The molecule has 4 atom stereocenters. The van der Waals surface area contributed by atoms with E-state index >= 15 is 0 Å². The predicted molar refractivity (Wildman–Crippen MR) is 177 cm³/mol. The van der Waals surface area contributed by atoms with Crippen molar-refractivity contribution in [1.29, 1.82) is 0 Å². The summed E-state index contributed by atoms with van der Waals surface area (Å²) < 4.78 is 0. The highest BCUT2D eigenvalue weighted by Crippen LogP contribution is 2.34. The maximum absolute atomic E-state index is 12.6. The van der Waals surface area contributed by atoms with E-state index in [0.29, 0.717) is 30.8 Å². The highest BCUT2D eigenvalue weighted by Gasteiger charge is 2.35. The van der Waals surface area contributed by atoms with Gasteiger partial charge >= 0.3 is 5.97 Å². The van der Waals surface area contributed by atoms with Gasteiger partial charge in [-0.05, 0) is 77.4 Å². The Labute approximate surface area is 271 Å². The number of piperidine rings is 2. The van der Waals surface area contributed by atoms with E-state index in [4.69, 9.17) is 11.6 Å². The van der Waals surface area contributed by atoms with Crippen LogP contribution in [0.25, 0.3) is 0 Å². The van der Waals surface area contributed by atoms with Gasteiger partial charge in [0, 0.05) is 59.5 Å². The lowest BCUT2D eigenvalue weighted by Gasteiger charge is -2.31. The Kier molecular flexibility index (Phi) is 12.3. The number of Topliss-reactive ketones (excluding diaryl/α,β-unsaturated/α-hetero) is 1. The second-order valence-corrected chi connectivity index (χ2v) is 13.2. The zero-order chi connectivity index (χ0) is 31.6. The predicted octanol–water partition coefficient (Wildman–Crippen LogP) is 6.20. The number of benzene rings is 3. The highest BCUT2D eigenvalue weighted by atomic mass is 35.5. The fraction of sp³-hybridized carbons (Fsp3) is 0.353. The summed E-state index contributed by atoms with van der Waals surface area (Å²) in [5.74, 6) is -1.22. The van der Waals surface area contributed by atoms with Gasteiger partial charge in [-0.25, -0.2) is 0 Å². The van der Waals surface area contributed by atoms with Crippen molar-refractivity contribution in [2.24, 2.45) is 11.8 Å². The SMILES string of the molecule is CSc1ccc(C2CC(=O)NCC2C(=O)O)cc1.CSc1ccc(C2CC(=O)NC[C@H]2CC(=O)Cc2ccc(Cl)cc2)cc1. The molecule has 0 bridgehead atoms. The van der Waals surface area contributed by atoms with Crippen LogP contribution in [0.4, 0.5) is 0 Å². The fourth-order valence-corrected chi connectivity index (χ4v) is 6.66. The highest BCUT2D eigenvalue weighted by molar-refractivity contribution is 7.98. The quantitative estimate of drug-likeness (QED) is 0.236. The van der Waals surface area contributed by atoms with Gasteiger partial charge in [-0.1, -0.05) is 48.0 Å². The van der Waals surface area contributed by atoms with Crippen LogP contribution in [0, 0.1) is 11.8 Å². The minimum atomic E-state index is -0.853. The lowest BCUT2D eigenvalue weighted by molar-refractivity contribution is -0.144. The Morgan fingerprint density at radius 1 is 0.773 bits per heavy atom. The molecule has 3 aromatic rings. The minimum absolute atomic E-state index is 0.0605. The summed E-state index contributed by atoms with van der Waals surface area (Å²) in [5.41, 5.74) is 3.04. The second-order valence-electron chi connectivity index (χ2n) is 11.0. The van der Waals surface area contributed by atoms with Gasteiger partial charge in [0.15, 0.2) is 0 Å². The largest absolute Gasteiger partial charge is 0.481 e. The number of thioether (sulfide) groups is 2. The van der Waals surface area contributed by atoms with Gasteiger partial charge in [0.1, 0.15) is 5.78 Å². The van der Waals surface area contributed by atoms with Gasteiger partial charge in [0.25, 0.3) is 0 Å². The van der Waals surface area contributed by atoms with E-state index in [1.54, 1.807) is 35.7 Å². The van der Waals surface area contributed by atoms with E-state index in [-0.39, 0.29) is 48.3 Å². The Balaban J connectivity index is 0.000000215. The monoisotopic (exact) mass is 652 g/mol. The first-order chi connectivity index (χ1) is 21.2. The number of carbonyl (C=O) groups is 4. The van der Waals surface area contributed by atoms with E-state index in [1.165, 1.54) is 4.90 Å². The number of carbonyl (C=O) groups excluding carboxylic acids is 3. The lowest BCUT2D eigenvalue weighted by atomic mass is 9.78. The topological polar surface area (TPSA) is 113 Å². The Bertz CT molecular complexity index is 1450. The number of carboxylic acid groups (broad SMARTS) is 1. The van der Waals surface area contributed by atoms with E-state index in [1.807, 2.05) is 48.9 Å². The number of rotatable bonds is 9. The van der Waals surface area contributed by atoms with Crippen LogP contribution in [0.15, 0.2) is 82.6 Å². The third-order valence-electron chi connectivity index (χ3n) is 8.16. The average molecular weight is 653 g/mol. The zero-order valence-corrected chi connectivity index (χ0v) is 27.1. The van der Waals surface area contributed by atoms with Crippen molar-refractivity contribution in [3.63, 3.8) is 0 Å². The summed E-state index contributed by atoms with van der Waals surface area (Å²) in [5, 5.41) is 15.4. The van der Waals surface area contributed by atoms with E-state index < -0.39 is 11.9 Å². The molecule has 44 heavy (non-hydrogen) atoms. The molecule has 2 fully saturated rings. The summed E-state index contributed by atoms with van der Waals surface area (Å²) in [7, 11) is 0. The molecule has 2 saturated heterocycles. The molecule has 3 N–H and O–H groups in total. The molecule has 2 aliphatic rings. The molecule has 2 amide bonds. The van der Waals surface area contributed by atoms with Gasteiger partial charge in [-0.15, -0.1) is 23.5 Å². The van der Waals surface area contributed by atoms with Crippen molar-refractivity contribution >= 4 is 58.7 Å². The van der Waals surface area contributed by atoms with Crippen LogP contribution >= 0.6 is 35.1 Å². The van der Waals surface area contributed by atoms with Crippen molar-refractivity contribution < 1.29 is 24.3 Å². The van der Waals surface area contributed by atoms with Crippen LogP contribution in [-0.4, -0.2) is 54.3 Å². The molecule has 0 saturated carbocycles. The zero-order valence-electron chi connectivity index (χ0n) is 24.8. The number of amides is 2. The van der Waals surface area contributed by atoms with Crippen LogP contribution < -0.4 is 10.6 Å². The third kappa shape index (κ3) is 9.36. The number of carboxylic acids is 1. The number of hydrogen-bond acceptors (Lipinski definition) is 6. The van der Waals surface area contributed by atoms with Crippen molar-refractivity contribution in [2.45, 2.75) is 47.3 Å². The average Bonchev–Trinajstić information content (AvgIpc) is 3.03. The number of halogens is 1. The molecule has 232 valence electrons. The summed E-state index contributed by atoms with van der Waals surface area (Å²) in [6, 6.07) is 23.5. The summed E-state index contributed by atoms with van der Waals surface area (Å²) in [4.78, 5) is 49.5. The normalized spacial score (nSPS) is 21.3. The molecule has 0 aromatic heterocycles. The molecule has 2 heterocycles. The van der Waals surface area contributed by atoms with Gasteiger partial charge in [-0.3, -0.25) is 19.2 Å². The molecule has 7 nitrogen and oxygen atoms in total. The second kappa shape index (κ2) is 16.2. The van der Waals surface area contributed by atoms with Crippen molar-refractivity contribution in [3.05, 3.63) is 94.5 Å². The molecule has 3 aromatic carbocycles. The standard InChI is InChI=1S/C21H22ClNO2S.C13H15NO3S/c1-26-19-8-4-15(5-9-19)20-12-21(25)23-13-16(20)11-18(24)10-14-2-6-17(22)7-3-14;1-18-9-4-2-8(3-5-9)10-6-12(15)14-7-11(10)13(16)17/h2-9,16,20H,10-13H2,1H3,(H,23,25);2-5,10-11H,6-7H2,1H3,(H,14,15)(H,16,17)/t16-,20?;/m1./s1. The molecule has 10 heteroatoms. The van der Waals surface area contributed by atoms with Crippen molar-refractivity contribution in [3.8, 4) is 0 Å². The summed E-state index contributed by atoms with van der Waals surface area (Å²) in [6.07, 6.45) is 5.59. The number of ketones is 1. The van der Waals surface area contributed by atoms with Crippen LogP contribution in [-0.2, 0) is 25.6 Å². The molecule has 0 radical (unpaired) electrons. The molecular formula is C34H37ClN2O5S2. The number of hydrogen-bond donors (Lipinski definition) is 3. The number of aliphatic carboxylic acids is 1. The van der Waals surface area contributed by atoms with Gasteiger partial charge in [0.05, 0.1) is 5.92 Å². The van der Waals surface area contributed by atoms with Crippen LogP contribution in [0.5, 0.6) is 0 Å². The van der Waals surface area contributed by atoms with Crippen molar-refractivity contribution in [1.82, 2.24) is 10.6 Å². The van der Waals surface area contributed by atoms with E-state index in [2.05, 4.69) is 34.9 Å². The van der Waals surface area contributed by atoms with Gasteiger partial charge in [-0.2, -0.15) is 0 Å². The van der Waals surface area contributed by atoms with Crippen LogP contribution in [0.1, 0.15) is 47.8 Å². The van der Waals surface area contributed by atoms with E-state index in [0.717, 1.165) is 21.6 Å². The molecule has 5 rings (SSSR count). The first-order valence-electron chi connectivity index (χ1n) is 14.5. The van der Waals surface area contributed by atoms with Crippen molar-refractivity contribution in [2.75, 3.05) is 25.6 Å². The minimum Gasteiger partial charge on any atom is -0.481 e. The molecule has 3 unspecified atom stereocenters. The lowest BCUT2D eigenvalue weighted by Crippen LogP contribution is -2.43. The van der Waals surface area contributed by atoms with Gasteiger partial charge in [0.2, 0.25) is 11.8 Å². The summed E-state index contributed by atoms with van der Waals surface area (Å²) >= 11 is 9.23.